The van der Waals surface area contributed by atoms with E-state index in [2.05, 4.69) is 19.5 Å². The normalized spacial score (nSPS) is 16.8. The summed E-state index contributed by atoms with van der Waals surface area (Å²) >= 11 is 0. The van der Waals surface area contributed by atoms with Crippen LogP contribution in [0.2, 0.25) is 0 Å². The molecule has 154 valence electrons. The minimum Gasteiger partial charge on any atom is -0.406 e. The molecule has 1 aromatic carbocycles. The molecule has 1 aliphatic rings. The minimum atomic E-state index is -5.37. The molecule has 1 atom stereocenters. The van der Waals surface area contributed by atoms with Crippen LogP contribution >= 0.6 is 0 Å². The van der Waals surface area contributed by atoms with Crippen molar-refractivity contribution in [1.29, 1.82) is 0 Å². The predicted octanol–water partition coefficient (Wildman–Crippen LogP) is 5.05. The Bertz CT molecular complexity index is 628. The zero-order chi connectivity index (χ0) is 20.6. The van der Waals surface area contributed by atoms with Crippen LogP contribution < -0.4 is 19.5 Å². The predicted molar refractivity (Wildman–Crippen MR) is 71.0 cm³/mol. The molecule has 1 N–H and O–H groups in total. The van der Waals surface area contributed by atoms with Crippen LogP contribution in [-0.2, 0) is 0 Å². The van der Waals surface area contributed by atoms with Crippen molar-refractivity contribution in [2.24, 2.45) is 5.92 Å². The Labute approximate surface area is 146 Å². The molecule has 0 bridgehead atoms. The van der Waals surface area contributed by atoms with Gasteiger partial charge >= 0.3 is 19.1 Å². The van der Waals surface area contributed by atoms with Gasteiger partial charge in [0.15, 0.2) is 0 Å². The molecule has 1 aliphatic carbocycles. The Morgan fingerprint density at radius 3 is 1.52 bits per heavy atom. The Balaban J connectivity index is 2.63. The molecule has 0 aromatic heterocycles. The first kappa shape index (κ1) is 21.3. The molecule has 4 nitrogen and oxygen atoms in total. The van der Waals surface area contributed by atoms with Crippen molar-refractivity contribution in [3.05, 3.63) is 17.7 Å². The lowest BCUT2D eigenvalue weighted by Crippen LogP contribution is -2.26. The molecule has 1 fully saturated rings. The van der Waals surface area contributed by atoms with Gasteiger partial charge in [-0.1, -0.05) is 0 Å². The molecule has 0 spiro atoms. The van der Waals surface area contributed by atoms with Gasteiger partial charge in [0.25, 0.3) is 0 Å². The van der Waals surface area contributed by atoms with Crippen LogP contribution in [0.3, 0.4) is 0 Å². The molecule has 0 saturated heterocycles. The molecule has 13 heteroatoms. The van der Waals surface area contributed by atoms with Crippen molar-refractivity contribution in [1.82, 2.24) is 5.32 Å². The molecule has 1 saturated carbocycles. The zero-order valence-corrected chi connectivity index (χ0v) is 13.4. The maximum Gasteiger partial charge on any atom is 0.573 e. The maximum absolute atomic E-state index is 12.7. The van der Waals surface area contributed by atoms with E-state index in [0.717, 1.165) is 0 Å². The average molecular weight is 413 g/mol. The van der Waals surface area contributed by atoms with Crippen molar-refractivity contribution in [2.45, 2.75) is 38.0 Å². The van der Waals surface area contributed by atoms with Crippen molar-refractivity contribution >= 4 is 0 Å². The molecule has 0 heterocycles. The number of ether oxygens (including phenoxy) is 3. The van der Waals surface area contributed by atoms with Crippen LogP contribution in [0.25, 0.3) is 0 Å². The number of rotatable bonds is 6. The van der Waals surface area contributed by atoms with Gasteiger partial charge in [0.1, 0.15) is 17.2 Å². The van der Waals surface area contributed by atoms with E-state index in [1.807, 2.05) is 0 Å². The third kappa shape index (κ3) is 6.56. The summed E-state index contributed by atoms with van der Waals surface area (Å²) in [7, 11) is 1.28. The molecule has 0 amide bonds. The van der Waals surface area contributed by atoms with E-state index in [-0.39, 0.29) is 18.1 Å². The summed E-state index contributed by atoms with van der Waals surface area (Å²) in [5, 5.41) is 2.54. The second-order valence-corrected chi connectivity index (χ2v) is 5.58. The smallest absolute Gasteiger partial charge is 0.406 e. The highest BCUT2D eigenvalue weighted by Gasteiger charge is 2.42. The highest BCUT2D eigenvalue weighted by atomic mass is 19.4. The van der Waals surface area contributed by atoms with Crippen molar-refractivity contribution < 1.29 is 53.7 Å². The number of hydrogen-bond donors (Lipinski definition) is 1. The summed E-state index contributed by atoms with van der Waals surface area (Å²) in [5.74, 6) is -4.25. The number of benzene rings is 1. The van der Waals surface area contributed by atoms with E-state index in [1.54, 1.807) is 0 Å². The first-order valence-electron chi connectivity index (χ1n) is 7.31. The van der Waals surface area contributed by atoms with E-state index in [4.69, 9.17) is 0 Å². The third-order valence-electron chi connectivity index (χ3n) is 3.48. The van der Waals surface area contributed by atoms with Crippen molar-refractivity contribution in [2.75, 3.05) is 7.05 Å². The van der Waals surface area contributed by atoms with Gasteiger partial charge in [-0.15, -0.1) is 39.5 Å². The van der Waals surface area contributed by atoms with Gasteiger partial charge in [-0.05, 0) is 25.8 Å². The van der Waals surface area contributed by atoms with Gasteiger partial charge in [0.05, 0.1) is 5.56 Å². The first-order valence-corrected chi connectivity index (χ1v) is 7.31. The van der Waals surface area contributed by atoms with E-state index in [1.165, 1.54) is 7.05 Å². The molecule has 1 unspecified atom stereocenters. The Morgan fingerprint density at radius 2 is 1.22 bits per heavy atom. The first-order chi connectivity index (χ1) is 12.2. The lowest BCUT2D eigenvalue weighted by molar-refractivity contribution is -0.278. The van der Waals surface area contributed by atoms with Crippen LogP contribution in [0.4, 0.5) is 39.5 Å². The van der Waals surface area contributed by atoms with Gasteiger partial charge in [-0.2, -0.15) is 0 Å². The Kier molecular flexibility index (Phi) is 5.64. The SMILES string of the molecule is CNC(c1c(OC(F)(F)F)cc(OC(F)(F)F)cc1OC(F)(F)F)C1CC1. The summed E-state index contributed by atoms with van der Waals surface area (Å²) in [6.45, 7) is 0. The van der Waals surface area contributed by atoms with Crippen molar-refractivity contribution in [3.63, 3.8) is 0 Å². The van der Waals surface area contributed by atoms with Crippen LogP contribution in [-0.4, -0.2) is 26.1 Å². The Hall–Kier alpha value is -2.05. The summed E-state index contributed by atoms with van der Waals surface area (Å²) in [5.41, 5.74) is -0.704. The van der Waals surface area contributed by atoms with E-state index in [0.29, 0.717) is 12.8 Å². The largest absolute Gasteiger partial charge is 0.573 e. The number of nitrogens with one attached hydrogen (secondary N) is 1. The fourth-order valence-corrected chi connectivity index (χ4v) is 2.54. The molecule has 1 aromatic rings. The minimum absolute atomic E-state index is 0.215. The second kappa shape index (κ2) is 7.17. The lowest BCUT2D eigenvalue weighted by Gasteiger charge is -2.25. The fourth-order valence-electron chi connectivity index (χ4n) is 2.54. The molecular formula is C14H12F9NO3. The molecule has 2 rings (SSSR count). The molecule has 0 radical (unpaired) electrons. The van der Waals surface area contributed by atoms with Crippen molar-refractivity contribution in [3.8, 4) is 17.2 Å². The summed E-state index contributed by atoms with van der Waals surface area (Å²) < 4.78 is 124. The fraction of sp³-hybridized carbons (Fsp3) is 0.571. The van der Waals surface area contributed by atoms with E-state index in [9.17, 15) is 39.5 Å². The number of halogens is 9. The van der Waals surface area contributed by atoms with Crippen LogP contribution in [0, 0.1) is 5.92 Å². The summed E-state index contributed by atoms with van der Waals surface area (Å²) in [4.78, 5) is 0. The third-order valence-corrected chi connectivity index (χ3v) is 3.48. The lowest BCUT2D eigenvalue weighted by atomic mass is 9.99. The summed E-state index contributed by atoms with van der Waals surface area (Å²) in [6, 6.07) is -0.641. The number of hydrogen-bond acceptors (Lipinski definition) is 4. The van der Waals surface area contributed by atoms with Crippen LogP contribution in [0.1, 0.15) is 24.4 Å². The average Bonchev–Trinajstić information content (AvgIpc) is 3.21. The number of alkyl halides is 9. The molecule has 0 aliphatic heterocycles. The zero-order valence-electron chi connectivity index (χ0n) is 13.4. The molecule has 27 heavy (non-hydrogen) atoms. The highest BCUT2D eigenvalue weighted by molar-refractivity contribution is 5.53. The van der Waals surface area contributed by atoms with E-state index >= 15 is 0 Å². The van der Waals surface area contributed by atoms with Gasteiger partial charge in [0, 0.05) is 18.2 Å². The quantitative estimate of drug-likeness (QED) is 0.663. The van der Waals surface area contributed by atoms with Crippen LogP contribution in [0.5, 0.6) is 17.2 Å². The van der Waals surface area contributed by atoms with Gasteiger partial charge < -0.3 is 19.5 Å². The van der Waals surface area contributed by atoms with Gasteiger partial charge in [-0.3, -0.25) is 0 Å². The van der Waals surface area contributed by atoms with E-state index < -0.39 is 47.9 Å². The second-order valence-electron chi connectivity index (χ2n) is 5.58. The topological polar surface area (TPSA) is 39.7 Å². The molecular weight excluding hydrogens is 401 g/mol. The highest BCUT2D eigenvalue weighted by Crippen LogP contribution is 2.50. The monoisotopic (exact) mass is 413 g/mol. The van der Waals surface area contributed by atoms with Crippen LogP contribution in [0.15, 0.2) is 12.1 Å². The summed E-state index contributed by atoms with van der Waals surface area (Å²) in [6.07, 6.45) is -15.1. The standard InChI is InChI=1S/C14H12F9NO3/c1-24-11(6-2-3-6)10-8(26-13(18,19)20)4-7(25-12(15,16)17)5-9(10)27-14(21,22)23/h4-6,11,24H,2-3H2,1H3. The van der Waals surface area contributed by atoms with Gasteiger partial charge in [0.2, 0.25) is 0 Å². The Morgan fingerprint density at radius 1 is 0.815 bits per heavy atom. The van der Waals surface area contributed by atoms with Gasteiger partial charge in [-0.25, -0.2) is 0 Å². The maximum atomic E-state index is 12.7.